The molecule has 0 fully saturated rings. The smallest absolute Gasteiger partial charge is 0.164 e. The van der Waals surface area contributed by atoms with Crippen molar-refractivity contribution in [2.24, 2.45) is 0 Å². The van der Waals surface area contributed by atoms with Gasteiger partial charge >= 0.3 is 0 Å². The third-order valence-electron chi connectivity index (χ3n) is 4.61. The van der Waals surface area contributed by atoms with Crippen molar-refractivity contribution in [3.05, 3.63) is 6.92 Å². The Morgan fingerprint density at radius 2 is 1.14 bits per heavy atom. The Hall–Kier alpha value is -0.370. The Balaban J connectivity index is 3.23. The first-order valence-corrected chi connectivity index (χ1v) is 9.65. The van der Waals surface area contributed by atoms with Crippen molar-refractivity contribution in [1.29, 1.82) is 0 Å². The largest absolute Gasteiger partial charge is 0.382 e. The van der Waals surface area contributed by atoms with Crippen LogP contribution in [0.3, 0.4) is 0 Å². The quantitative estimate of drug-likeness (QED) is 0.354. The van der Waals surface area contributed by atoms with Crippen LogP contribution < -0.4 is 0 Å². The van der Waals surface area contributed by atoms with Crippen LogP contribution in [0.5, 0.6) is 0 Å². The molecule has 0 saturated carbocycles. The molecule has 22 heavy (non-hydrogen) atoms. The van der Waals surface area contributed by atoms with Crippen molar-refractivity contribution in [2.75, 3.05) is 0 Å². The van der Waals surface area contributed by atoms with Crippen LogP contribution in [0.4, 0.5) is 0 Å². The fourth-order valence-electron chi connectivity index (χ4n) is 2.73. The van der Waals surface area contributed by atoms with Gasteiger partial charge in [0.1, 0.15) is 5.60 Å². The minimum atomic E-state index is -1.35. The average molecular weight is 312 g/mol. The number of ketones is 1. The molecule has 0 heterocycles. The molecule has 1 unspecified atom stereocenters. The Morgan fingerprint density at radius 1 is 0.773 bits per heavy atom. The SMILES string of the molecule is [CH2]C(O)(CC)C(=O)CCCCCCCCCCCCCCC. The van der Waals surface area contributed by atoms with Crippen molar-refractivity contribution in [3.63, 3.8) is 0 Å². The maximum atomic E-state index is 11.7. The fourth-order valence-corrected chi connectivity index (χ4v) is 2.73. The van der Waals surface area contributed by atoms with Crippen LogP contribution in [-0.4, -0.2) is 16.5 Å². The third kappa shape index (κ3) is 12.2. The van der Waals surface area contributed by atoms with E-state index in [1.807, 2.05) is 0 Å². The van der Waals surface area contributed by atoms with Crippen LogP contribution in [0.2, 0.25) is 0 Å². The standard InChI is InChI=1S/C20H39O2/c1-4-6-7-8-9-10-11-12-13-14-15-16-17-18-19(21)20(3,22)5-2/h22H,3-18H2,1-2H3. The van der Waals surface area contributed by atoms with E-state index < -0.39 is 5.60 Å². The van der Waals surface area contributed by atoms with Gasteiger partial charge in [0, 0.05) is 6.42 Å². The summed E-state index contributed by atoms with van der Waals surface area (Å²) in [6.45, 7) is 7.64. The molecule has 0 aromatic rings. The predicted molar refractivity (Wildman–Crippen MR) is 95.9 cm³/mol. The van der Waals surface area contributed by atoms with Crippen LogP contribution in [0, 0.1) is 6.92 Å². The van der Waals surface area contributed by atoms with E-state index >= 15 is 0 Å². The van der Waals surface area contributed by atoms with Gasteiger partial charge in [0.05, 0.1) is 0 Å². The molecular weight excluding hydrogens is 272 g/mol. The van der Waals surface area contributed by atoms with Crippen LogP contribution in [0.15, 0.2) is 0 Å². The van der Waals surface area contributed by atoms with E-state index in [-0.39, 0.29) is 5.78 Å². The number of aliphatic hydroxyl groups is 1. The molecule has 1 atom stereocenters. The highest BCUT2D eigenvalue weighted by molar-refractivity contribution is 5.87. The van der Waals surface area contributed by atoms with E-state index in [9.17, 15) is 9.90 Å². The maximum absolute atomic E-state index is 11.7. The maximum Gasteiger partial charge on any atom is 0.164 e. The van der Waals surface area contributed by atoms with E-state index in [1.54, 1.807) is 6.92 Å². The van der Waals surface area contributed by atoms with Gasteiger partial charge in [-0.3, -0.25) is 4.79 Å². The van der Waals surface area contributed by atoms with E-state index in [0.29, 0.717) is 12.8 Å². The van der Waals surface area contributed by atoms with Gasteiger partial charge in [-0.2, -0.15) is 0 Å². The zero-order chi connectivity index (χ0) is 16.7. The van der Waals surface area contributed by atoms with Gasteiger partial charge < -0.3 is 5.11 Å². The number of rotatable bonds is 16. The zero-order valence-corrected chi connectivity index (χ0v) is 15.2. The number of hydrogen-bond donors (Lipinski definition) is 1. The van der Waals surface area contributed by atoms with Crippen LogP contribution in [0.1, 0.15) is 110 Å². The molecular formula is C20H39O2. The second-order valence-electron chi connectivity index (χ2n) is 6.80. The zero-order valence-electron chi connectivity index (χ0n) is 15.2. The predicted octanol–water partition coefficient (Wildman–Crippen LogP) is 6.01. The van der Waals surface area contributed by atoms with E-state index in [2.05, 4.69) is 13.8 Å². The lowest BCUT2D eigenvalue weighted by Crippen LogP contribution is -2.34. The highest BCUT2D eigenvalue weighted by Gasteiger charge is 2.26. The summed E-state index contributed by atoms with van der Waals surface area (Å²) >= 11 is 0. The lowest BCUT2D eigenvalue weighted by molar-refractivity contribution is -0.133. The average Bonchev–Trinajstić information content (AvgIpc) is 2.51. The minimum Gasteiger partial charge on any atom is -0.382 e. The molecule has 0 aromatic carbocycles. The molecule has 0 spiro atoms. The summed E-state index contributed by atoms with van der Waals surface area (Å²) in [5.41, 5.74) is -1.35. The Labute approximate surface area is 139 Å². The molecule has 0 aliphatic heterocycles. The van der Waals surface area contributed by atoms with Gasteiger partial charge in [0.25, 0.3) is 0 Å². The Kier molecular flexibility index (Phi) is 14.0. The van der Waals surface area contributed by atoms with Gasteiger partial charge in [-0.25, -0.2) is 0 Å². The van der Waals surface area contributed by atoms with Gasteiger partial charge in [-0.1, -0.05) is 90.9 Å². The van der Waals surface area contributed by atoms with Crippen molar-refractivity contribution in [3.8, 4) is 0 Å². The lowest BCUT2D eigenvalue weighted by Gasteiger charge is -2.18. The van der Waals surface area contributed by atoms with E-state index in [0.717, 1.165) is 12.8 Å². The second kappa shape index (κ2) is 14.2. The van der Waals surface area contributed by atoms with E-state index in [4.69, 9.17) is 0 Å². The van der Waals surface area contributed by atoms with Gasteiger partial charge in [0.2, 0.25) is 0 Å². The molecule has 0 aromatic heterocycles. The number of Topliss-reactive ketones (excluding diaryl/α,β-unsaturated/α-hetero) is 1. The molecule has 2 nitrogen and oxygen atoms in total. The Bertz CT molecular complexity index is 258. The van der Waals surface area contributed by atoms with Gasteiger partial charge in [-0.05, 0) is 19.8 Å². The van der Waals surface area contributed by atoms with Crippen LogP contribution >= 0.6 is 0 Å². The normalized spacial score (nSPS) is 14.0. The molecule has 131 valence electrons. The highest BCUT2D eigenvalue weighted by Crippen LogP contribution is 2.16. The first-order valence-electron chi connectivity index (χ1n) is 9.65. The summed E-state index contributed by atoms with van der Waals surface area (Å²) in [5, 5.41) is 9.72. The summed E-state index contributed by atoms with van der Waals surface area (Å²) in [6.07, 6.45) is 17.8. The highest BCUT2D eigenvalue weighted by atomic mass is 16.3. The van der Waals surface area contributed by atoms with Crippen LogP contribution in [-0.2, 0) is 4.79 Å². The molecule has 0 rings (SSSR count). The molecule has 0 amide bonds. The van der Waals surface area contributed by atoms with Crippen molar-refractivity contribution in [2.45, 2.75) is 116 Å². The first-order chi connectivity index (χ1) is 10.5. The molecule has 0 bridgehead atoms. The van der Waals surface area contributed by atoms with Gasteiger partial charge in [0.15, 0.2) is 5.78 Å². The minimum absolute atomic E-state index is 0.0990. The summed E-state index contributed by atoms with van der Waals surface area (Å²) < 4.78 is 0. The summed E-state index contributed by atoms with van der Waals surface area (Å²) in [7, 11) is 0. The van der Waals surface area contributed by atoms with Crippen molar-refractivity contribution < 1.29 is 9.90 Å². The number of hydrogen-bond acceptors (Lipinski definition) is 2. The first kappa shape index (κ1) is 21.6. The van der Waals surface area contributed by atoms with Crippen molar-refractivity contribution >= 4 is 5.78 Å². The topological polar surface area (TPSA) is 37.3 Å². The molecule has 0 saturated heterocycles. The molecule has 1 radical (unpaired) electrons. The number of carbonyl (C=O) groups excluding carboxylic acids is 1. The summed E-state index contributed by atoms with van der Waals surface area (Å²) in [5.74, 6) is -0.0990. The summed E-state index contributed by atoms with van der Waals surface area (Å²) in [4.78, 5) is 11.7. The monoisotopic (exact) mass is 311 g/mol. The number of carbonyl (C=O) groups is 1. The molecule has 1 N–H and O–H groups in total. The van der Waals surface area contributed by atoms with Gasteiger partial charge in [-0.15, -0.1) is 0 Å². The summed E-state index contributed by atoms with van der Waals surface area (Å²) in [6, 6.07) is 0. The number of unbranched alkanes of at least 4 members (excludes halogenated alkanes) is 12. The second-order valence-corrected chi connectivity index (χ2v) is 6.80. The third-order valence-corrected chi connectivity index (χ3v) is 4.61. The molecule has 0 aliphatic rings. The van der Waals surface area contributed by atoms with E-state index in [1.165, 1.54) is 70.6 Å². The van der Waals surface area contributed by atoms with Crippen molar-refractivity contribution in [1.82, 2.24) is 0 Å². The Morgan fingerprint density at radius 3 is 1.50 bits per heavy atom. The lowest BCUT2D eigenvalue weighted by atomic mass is 9.93. The van der Waals surface area contributed by atoms with Crippen LogP contribution in [0.25, 0.3) is 0 Å². The molecule has 2 heteroatoms. The fraction of sp³-hybridized carbons (Fsp3) is 0.900. The molecule has 0 aliphatic carbocycles.